The molecule has 88 valence electrons. The Hall–Kier alpha value is -1.02. The summed E-state index contributed by atoms with van der Waals surface area (Å²) in [6.07, 6.45) is 2.65. The normalized spacial score (nSPS) is 20.0. The van der Waals surface area contributed by atoms with E-state index >= 15 is 0 Å². The van der Waals surface area contributed by atoms with Crippen LogP contribution in [0.2, 0.25) is 0 Å². The summed E-state index contributed by atoms with van der Waals surface area (Å²) in [5.74, 6) is 0. The number of nitrogens with one attached hydrogen (secondary N) is 1. The summed E-state index contributed by atoms with van der Waals surface area (Å²) >= 11 is 0. The van der Waals surface area contributed by atoms with Gasteiger partial charge in [0.05, 0.1) is 0 Å². The van der Waals surface area contributed by atoms with Crippen LogP contribution in [0, 0.1) is 6.92 Å². The minimum absolute atomic E-state index is 0.680. The molecule has 0 unspecified atom stereocenters. The van der Waals surface area contributed by atoms with Crippen LogP contribution in [0.25, 0.3) is 0 Å². The minimum atomic E-state index is 0.680. The van der Waals surface area contributed by atoms with Gasteiger partial charge in [-0.25, -0.2) is 0 Å². The maximum atomic E-state index is 3.57. The zero-order valence-electron chi connectivity index (χ0n) is 10.4. The Morgan fingerprint density at radius 3 is 2.81 bits per heavy atom. The third-order valence-electron chi connectivity index (χ3n) is 3.44. The van der Waals surface area contributed by atoms with Gasteiger partial charge in [0.25, 0.3) is 0 Å². The number of benzene rings is 1. The summed E-state index contributed by atoms with van der Waals surface area (Å²) in [5, 5.41) is 3.57. The van der Waals surface area contributed by atoms with E-state index < -0.39 is 0 Å². The molecule has 0 aliphatic carbocycles. The molecule has 2 rings (SSSR count). The van der Waals surface area contributed by atoms with Crippen molar-refractivity contribution in [3.05, 3.63) is 29.8 Å². The molecule has 1 atom stereocenters. The molecule has 0 bridgehead atoms. The first-order chi connectivity index (χ1) is 7.81. The van der Waals surface area contributed by atoms with Gasteiger partial charge in [0, 0.05) is 24.8 Å². The highest BCUT2D eigenvalue weighted by molar-refractivity contribution is 5.53. The largest absolute Gasteiger partial charge is 0.370 e. The molecule has 2 nitrogen and oxygen atoms in total. The van der Waals surface area contributed by atoms with Crippen molar-refractivity contribution in [1.82, 2.24) is 5.32 Å². The fourth-order valence-electron chi connectivity index (χ4n) is 2.49. The molecule has 1 heterocycles. The molecule has 1 aliphatic heterocycles. The van der Waals surface area contributed by atoms with Gasteiger partial charge in [-0.2, -0.15) is 0 Å². The smallest absolute Gasteiger partial charge is 0.0396 e. The molecule has 1 aromatic rings. The number of likely N-dealkylation sites (N-methyl/N-ethyl adjacent to an activating group) is 1. The molecule has 0 radical (unpaired) electrons. The number of nitrogens with zero attached hydrogens (tertiary/aromatic N) is 1. The number of rotatable bonds is 4. The zero-order valence-corrected chi connectivity index (χ0v) is 10.4. The summed E-state index contributed by atoms with van der Waals surface area (Å²) in [4.78, 5) is 2.48. The van der Waals surface area contributed by atoms with Crippen molar-refractivity contribution < 1.29 is 0 Å². The first-order valence-corrected chi connectivity index (χ1v) is 6.35. The molecule has 2 heteroatoms. The Morgan fingerprint density at radius 1 is 1.38 bits per heavy atom. The molecule has 1 aromatic carbocycles. The van der Waals surface area contributed by atoms with E-state index in [1.807, 2.05) is 0 Å². The molecular weight excluding hydrogens is 196 g/mol. The second-order valence-electron chi connectivity index (χ2n) is 4.62. The van der Waals surface area contributed by atoms with Crippen molar-refractivity contribution in [1.29, 1.82) is 0 Å². The van der Waals surface area contributed by atoms with Crippen LogP contribution in [0.5, 0.6) is 0 Å². The van der Waals surface area contributed by atoms with Crippen LogP contribution in [-0.4, -0.2) is 25.7 Å². The molecule has 1 saturated heterocycles. The van der Waals surface area contributed by atoms with Crippen LogP contribution in [0.4, 0.5) is 5.69 Å². The molecule has 0 spiro atoms. The lowest BCUT2D eigenvalue weighted by Gasteiger charge is -2.28. The average Bonchev–Trinajstić information content (AvgIpc) is 2.80. The third-order valence-corrected chi connectivity index (χ3v) is 3.44. The quantitative estimate of drug-likeness (QED) is 0.835. The molecule has 0 saturated carbocycles. The van der Waals surface area contributed by atoms with Gasteiger partial charge in [-0.15, -0.1) is 0 Å². The number of hydrogen-bond donors (Lipinski definition) is 1. The van der Waals surface area contributed by atoms with Crippen molar-refractivity contribution >= 4 is 5.69 Å². The van der Waals surface area contributed by atoms with E-state index in [-0.39, 0.29) is 0 Å². The summed E-state index contributed by atoms with van der Waals surface area (Å²) in [5.41, 5.74) is 2.76. The first-order valence-electron chi connectivity index (χ1n) is 6.35. The zero-order chi connectivity index (χ0) is 11.4. The third kappa shape index (κ3) is 2.56. The topological polar surface area (TPSA) is 15.3 Å². The number of aryl methyl sites for hydroxylation is 1. The van der Waals surface area contributed by atoms with Crippen molar-refractivity contribution in [2.75, 3.05) is 24.5 Å². The second kappa shape index (κ2) is 5.35. The van der Waals surface area contributed by atoms with E-state index in [1.54, 1.807) is 0 Å². The predicted octanol–water partition coefficient (Wildman–Crippen LogP) is 2.57. The van der Waals surface area contributed by atoms with Gasteiger partial charge in [0.1, 0.15) is 0 Å². The van der Waals surface area contributed by atoms with Crippen LogP contribution >= 0.6 is 0 Å². The fraction of sp³-hybridized carbons (Fsp3) is 0.571. The summed E-state index contributed by atoms with van der Waals surface area (Å²) < 4.78 is 0. The molecule has 0 amide bonds. The first kappa shape index (κ1) is 11.5. The Kier molecular flexibility index (Phi) is 3.83. The van der Waals surface area contributed by atoms with Crippen molar-refractivity contribution in [3.63, 3.8) is 0 Å². The molecule has 0 aromatic heterocycles. The number of hydrogen-bond acceptors (Lipinski definition) is 2. The standard InChI is InChI=1S/C14H22N2/c1-3-16(11-13-8-6-10-15-13)14-9-5-4-7-12(14)2/h4-5,7,9,13,15H,3,6,8,10-11H2,1-2H3/t13-/m1/s1. The molecule has 1 aliphatic rings. The Labute approximate surface area is 98.7 Å². The maximum absolute atomic E-state index is 3.57. The van der Waals surface area contributed by atoms with Crippen LogP contribution < -0.4 is 10.2 Å². The van der Waals surface area contributed by atoms with E-state index in [1.165, 1.54) is 30.6 Å². The molecule has 16 heavy (non-hydrogen) atoms. The predicted molar refractivity (Wildman–Crippen MR) is 70.1 cm³/mol. The van der Waals surface area contributed by atoms with Gasteiger partial charge in [-0.1, -0.05) is 18.2 Å². The van der Waals surface area contributed by atoms with Gasteiger partial charge < -0.3 is 10.2 Å². The number of anilines is 1. The fourth-order valence-corrected chi connectivity index (χ4v) is 2.49. The van der Waals surface area contributed by atoms with E-state index in [0.717, 1.165) is 13.1 Å². The summed E-state index contributed by atoms with van der Waals surface area (Å²) in [7, 11) is 0. The van der Waals surface area contributed by atoms with Crippen molar-refractivity contribution in [2.45, 2.75) is 32.7 Å². The highest BCUT2D eigenvalue weighted by Gasteiger charge is 2.17. The Balaban J connectivity index is 2.06. The van der Waals surface area contributed by atoms with Gasteiger partial charge in [0.2, 0.25) is 0 Å². The minimum Gasteiger partial charge on any atom is -0.370 e. The van der Waals surface area contributed by atoms with E-state index in [9.17, 15) is 0 Å². The van der Waals surface area contributed by atoms with Crippen molar-refractivity contribution in [3.8, 4) is 0 Å². The van der Waals surface area contributed by atoms with E-state index in [0.29, 0.717) is 6.04 Å². The van der Waals surface area contributed by atoms with Gasteiger partial charge >= 0.3 is 0 Å². The summed E-state index contributed by atoms with van der Waals surface area (Å²) in [6, 6.07) is 9.35. The van der Waals surface area contributed by atoms with Crippen molar-refractivity contribution in [2.24, 2.45) is 0 Å². The lowest BCUT2D eigenvalue weighted by molar-refractivity contribution is 0.586. The lowest BCUT2D eigenvalue weighted by Crippen LogP contribution is -2.37. The van der Waals surface area contributed by atoms with E-state index in [4.69, 9.17) is 0 Å². The average molecular weight is 218 g/mol. The monoisotopic (exact) mass is 218 g/mol. The Morgan fingerprint density at radius 2 is 2.19 bits per heavy atom. The second-order valence-corrected chi connectivity index (χ2v) is 4.62. The van der Waals surface area contributed by atoms with Crippen LogP contribution in [0.3, 0.4) is 0 Å². The molecular formula is C14H22N2. The van der Waals surface area contributed by atoms with Gasteiger partial charge in [-0.05, 0) is 44.9 Å². The molecule has 1 fully saturated rings. The number of para-hydroxylation sites is 1. The van der Waals surface area contributed by atoms with Gasteiger partial charge in [0.15, 0.2) is 0 Å². The SMILES string of the molecule is CCN(C[C@H]1CCCN1)c1ccccc1C. The van der Waals surface area contributed by atoms with Crippen LogP contribution in [0.1, 0.15) is 25.3 Å². The highest BCUT2D eigenvalue weighted by Crippen LogP contribution is 2.20. The summed E-state index contributed by atoms with van der Waals surface area (Å²) in [6.45, 7) is 7.85. The lowest BCUT2D eigenvalue weighted by atomic mass is 10.1. The van der Waals surface area contributed by atoms with Crippen LogP contribution in [0.15, 0.2) is 24.3 Å². The van der Waals surface area contributed by atoms with Gasteiger partial charge in [-0.3, -0.25) is 0 Å². The maximum Gasteiger partial charge on any atom is 0.0396 e. The highest BCUT2D eigenvalue weighted by atomic mass is 15.2. The van der Waals surface area contributed by atoms with Crippen LogP contribution in [-0.2, 0) is 0 Å². The Bertz CT molecular complexity index is 329. The molecule has 1 N–H and O–H groups in total. The van der Waals surface area contributed by atoms with E-state index in [2.05, 4.69) is 48.3 Å².